The number of aromatic nitrogens is 1. The van der Waals surface area contributed by atoms with Crippen molar-refractivity contribution in [1.82, 2.24) is 10.3 Å². The summed E-state index contributed by atoms with van der Waals surface area (Å²) in [7, 11) is -4.19. The van der Waals surface area contributed by atoms with E-state index in [2.05, 4.69) is 10.3 Å². The van der Waals surface area contributed by atoms with Crippen molar-refractivity contribution in [2.45, 2.75) is 32.4 Å². The van der Waals surface area contributed by atoms with Crippen LogP contribution < -0.4 is 40.6 Å². The molecule has 1 unspecified atom stereocenters. The van der Waals surface area contributed by atoms with Gasteiger partial charge in [-0.05, 0) is 18.6 Å². The molecule has 0 saturated carbocycles. The molecule has 1 atom stereocenters. The molecule has 6 nitrogen and oxygen atoms in total. The quantitative estimate of drug-likeness (QED) is 0.391. The Balaban J connectivity index is 0.00000361. The number of nitrogens with zero attached hydrogens (tertiary/aromatic N) is 1. The van der Waals surface area contributed by atoms with Gasteiger partial charge in [-0.25, -0.2) is 8.42 Å². The zero-order chi connectivity index (χ0) is 14.3. The van der Waals surface area contributed by atoms with Gasteiger partial charge in [0.05, 0.1) is 15.8 Å². The van der Waals surface area contributed by atoms with Gasteiger partial charge in [-0.15, -0.1) is 0 Å². The smallest absolute Gasteiger partial charge is 0.748 e. The molecular weight excluding hydrogens is 289 g/mol. The van der Waals surface area contributed by atoms with Crippen molar-refractivity contribution in [2.24, 2.45) is 5.73 Å². The van der Waals surface area contributed by atoms with Gasteiger partial charge >= 0.3 is 29.6 Å². The van der Waals surface area contributed by atoms with Crippen molar-refractivity contribution in [3.63, 3.8) is 0 Å². The second-order valence-electron chi connectivity index (χ2n) is 4.43. The van der Waals surface area contributed by atoms with Crippen LogP contribution in [0.25, 0.3) is 0 Å². The van der Waals surface area contributed by atoms with E-state index < -0.39 is 15.9 Å². The number of hydrogen-bond acceptors (Lipinski definition) is 6. The summed E-state index contributed by atoms with van der Waals surface area (Å²) in [6.07, 6.45) is 1.05. The maximum Gasteiger partial charge on any atom is 1.00 e. The van der Waals surface area contributed by atoms with Crippen molar-refractivity contribution in [1.29, 1.82) is 0 Å². The topological polar surface area (TPSA) is 108 Å². The van der Waals surface area contributed by atoms with E-state index in [1.807, 2.05) is 13.0 Å². The van der Waals surface area contributed by atoms with Crippen LogP contribution in [0.1, 0.15) is 24.7 Å². The van der Waals surface area contributed by atoms with Crippen molar-refractivity contribution in [3.05, 3.63) is 29.6 Å². The Morgan fingerprint density at radius 1 is 1.40 bits per heavy atom. The fourth-order valence-electron chi connectivity index (χ4n) is 1.53. The number of aryl methyl sites for hydroxylation is 1. The number of nitrogens with two attached hydrogens (primary N) is 1. The average Bonchev–Trinajstić information content (AvgIpc) is 2.36. The van der Waals surface area contributed by atoms with E-state index in [1.165, 1.54) is 0 Å². The van der Waals surface area contributed by atoms with E-state index in [-0.39, 0.29) is 42.0 Å². The van der Waals surface area contributed by atoms with Crippen molar-refractivity contribution in [2.75, 3.05) is 12.3 Å². The van der Waals surface area contributed by atoms with Gasteiger partial charge in [0.2, 0.25) is 0 Å². The number of hydrogen-bond donors (Lipinski definition) is 2. The summed E-state index contributed by atoms with van der Waals surface area (Å²) in [6.45, 7) is 3.30. The number of pyridine rings is 1. The first-order valence-corrected chi connectivity index (χ1v) is 7.83. The molecule has 1 rings (SSSR count). The van der Waals surface area contributed by atoms with Crippen molar-refractivity contribution in [3.8, 4) is 0 Å². The van der Waals surface area contributed by atoms with Crippen LogP contribution in [0.5, 0.6) is 0 Å². The minimum absolute atomic E-state index is 0. The molecule has 8 heteroatoms. The molecule has 1 aromatic rings. The van der Waals surface area contributed by atoms with E-state index in [0.717, 1.165) is 12.1 Å². The van der Waals surface area contributed by atoms with Gasteiger partial charge < -0.3 is 15.6 Å². The Bertz CT molecular complexity index is 496. The summed E-state index contributed by atoms with van der Waals surface area (Å²) < 4.78 is 31.7. The van der Waals surface area contributed by atoms with Crippen LogP contribution in [0.15, 0.2) is 18.2 Å². The van der Waals surface area contributed by atoms with Gasteiger partial charge in [-0.2, -0.15) is 0 Å². The maximum atomic E-state index is 10.6. The van der Waals surface area contributed by atoms with Gasteiger partial charge in [0.15, 0.2) is 0 Å². The third-order valence-corrected chi connectivity index (χ3v) is 3.41. The Hall–Kier alpha value is -0.0200. The van der Waals surface area contributed by atoms with E-state index in [9.17, 15) is 13.0 Å². The second kappa shape index (κ2) is 9.83. The monoisotopic (exact) mass is 309 g/mol. The average molecular weight is 309 g/mol. The summed E-state index contributed by atoms with van der Waals surface area (Å²) in [6, 6.07) is 5.48. The molecular formula is C12H20N3NaO3S. The minimum Gasteiger partial charge on any atom is -0.748 e. The normalized spacial score (nSPS) is 12.8. The van der Waals surface area contributed by atoms with Crippen LogP contribution in [0.2, 0.25) is 0 Å². The van der Waals surface area contributed by atoms with Gasteiger partial charge in [0.1, 0.15) is 0 Å². The molecule has 20 heavy (non-hydrogen) atoms. The molecule has 3 N–H and O–H groups in total. The molecule has 108 valence electrons. The zero-order valence-corrected chi connectivity index (χ0v) is 14.8. The Kier molecular flexibility index (Phi) is 9.82. The van der Waals surface area contributed by atoms with Crippen LogP contribution in [-0.2, 0) is 23.1 Å². The Morgan fingerprint density at radius 2 is 2.05 bits per heavy atom. The summed E-state index contributed by atoms with van der Waals surface area (Å²) in [4.78, 5) is 4.29. The first-order valence-electron chi connectivity index (χ1n) is 6.25. The molecule has 0 aliphatic heterocycles. The van der Waals surface area contributed by atoms with E-state index >= 15 is 0 Å². The molecule has 1 heterocycles. The number of nitrogens with one attached hydrogen (secondary N) is 1. The molecule has 0 fully saturated rings. The third kappa shape index (κ3) is 9.02. The van der Waals surface area contributed by atoms with Crippen LogP contribution in [0, 0.1) is 0 Å². The van der Waals surface area contributed by atoms with Gasteiger partial charge in [0.25, 0.3) is 0 Å². The summed E-state index contributed by atoms with van der Waals surface area (Å²) in [5.74, 6) is -0.419. The first kappa shape index (κ1) is 20.0. The van der Waals surface area contributed by atoms with Gasteiger partial charge in [-0.1, -0.05) is 13.0 Å². The van der Waals surface area contributed by atoms with Crippen molar-refractivity contribution < 1.29 is 42.5 Å². The Morgan fingerprint density at radius 3 is 2.65 bits per heavy atom. The van der Waals surface area contributed by atoms with E-state index in [0.29, 0.717) is 18.8 Å². The largest absolute Gasteiger partial charge is 1.00 e. The van der Waals surface area contributed by atoms with Crippen LogP contribution in [0.4, 0.5) is 0 Å². The first-order chi connectivity index (χ1) is 8.90. The van der Waals surface area contributed by atoms with Crippen molar-refractivity contribution >= 4 is 10.1 Å². The molecule has 0 aliphatic carbocycles. The molecule has 0 saturated heterocycles. The maximum absolute atomic E-state index is 10.6. The van der Waals surface area contributed by atoms with E-state index in [1.54, 1.807) is 12.1 Å². The molecule has 1 aromatic heterocycles. The van der Waals surface area contributed by atoms with Crippen LogP contribution in [0.3, 0.4) is 0 Å². The zero-order valence-electron chi connectivity index (χ0n) is 12.0. The molecule has 0 spiro atoms. The van der Waals surface area contributed by atoms with Crippen LogP contribution >= 0.6 is 0 Å². The predicted octanol–water partition coefficient (Wildman–Crippen LogP) is -3.00. The van der Waals surface area contributed by atoms with Crippen LogP contribution in [-0.4, -0.2) is 36.3 Å². The summed E-state index contributed by atoms with van der Waals surface area (Å²) in [5.41, 5.74) is 7.20. The van der Waals surface area contributed by atoms with Gasteiger partial charge in [-0.3, -0.25) is 4.98 Å². The second-order valence-corrected chi connectivity index (χ2v) is 5.95. The number of rotatable bonds is 8. The molecule has 0 amide bonds. The fourth-order valence-corrected chi connectivity index (χ4v) is 1.99. The standard InChI is InChI=1S/C12H21N3O3S.Na/c1-2-10(13)8-14-9-12-5-3-4-11(15-12)6-7-19(16,17)18;/h3-5,10,14H,2,6-9,13H2,1H3,(H,16,17,18);/q;+1/p-1. The Labute approximate surface area is 142 Å². The molecule has 0 aliphatic rings. The third-order valence-electron chi connectivity index (χ3n) is 2.71. The summed E-state index contributed by atoms with van der Waals surface area (Å²) >= 11 is 0. The SMILES string of the molecule is CCC(N)CNCc1cccc(CCS(=O)(=O)[O-])n1.[Na+]. The predicted molar refractivity (Wildman–Crippen MR) is 72.5 cm³/mol. The summed E-state index contributed by atoms with van der Waals surface area (Å²) in [5, 5.41) is 3.18. The fraction of sp³-hybridized carbons (Fsp3) is 0.583. The van der Waals surface area contributed by atoms with E-state index in [4.69, 9.17) is 5.73 Å². The molecule has 0 bridgehead atoms. The minimum atomic E-state index is -4.19. The van der Waals surface area contributed by atoms with Gasteiger partial charge in [0, 0.05) is 37.0 Å². The molecule has 0 radical (unpaired) electrons. The molecule has 0 aromatic carbocycles.